The lowest BCUT2D eigenvalue weighted by atomic mass is 10.0. The molecule has 0 unspecified atom stereocenters. The van der Waals surface area contributed by atoms with E-state index in [0.29, 0.717) is 17.7 Å². The lowest BCUT2D eigenvalue weighted by Crippen LogP contribution is -2.46. The number of fused-ring (bicyclic) bond motifs is 1. The predicted octanol–water partition coefficient (Wildman–Crippen LogP) is 2.15. The molecule has 0 saturated carbocycles. The smallest absolute Gasteiger partial charge is 0.200 e. The van der Waals surface area contributed by atoms with Gasteiger partial charge in [0, 0.05) is 25.2 Å². The Bertz CT molecular complexity index is 878. The van der Waals surface area contributed by atoms with Crippen molar-refractivity contribution in [2.24, 2.45) is 0 Å². The molecular weight excluding hydrogens is 326 g/mol. The normalized spacial score (nSPS) is 23.9. The Balaban J connectivity index is 1.38. The van der Waals surface area contributed by atoms with Crippen LogP contribution in [0, 0.1) is 0 Å². The fourth-order valence-electron chi connectivity index (χ4n) is 4.57. The molecule has 2 aromatic heterocycles. The van der Waals surface area contributed by atoms with E-state index in [1.54, 1.807) is 0 Å². The van der Waals surface area contributed by atoms with Crippen LogP contribution in [-0.4, -0.2) is 55.3 Å². The van der Waals surface area contributed by atoms with Crippen LogP contribution in [0.3, 0.4) is 0 Å². The Morgan fingerprint density at radius 3 is 2.69 bits per heavy atom. The number of hydrogen-bond acceptors (Lipinski definition) is 6. The zero-order valence-corrected chi connectivity index (χ0v) is 14.8. The van der Waals surface area contributed by atoms with Crippen molar-refractivity contribution in [1.82, 2.24) is 30.2 Å². The molecule has 2 saturated heterocycles. The Morgan fingerprint density at radius 2 is 1.77 bits per heavy atom. The first-order chi connectivity index (χ1) is 12.9. The second-order valence-corrected chi connectivity index (χ2v) is 7.29. The topological polar surface area (TPSA) is 62.5 Å². The highest BCUT2D eigenvalue weighted by Gasteiger charge is 2.38. The largest absolute Gasteiger partial charge is 0.351 e. The summed E-state index contributed by atoms with van der Waals surface area (Å²) in [4.78, 5) is 5.13. The molecule has 2 aliphatic heterocycles. The SMILES string of the molecule is c1ccc(CN2CCC[C@@H]2[C@H]2CCCN2c2ccc3nnnn3n2)cc1. The number of benzene rings is 1. The summed E-state index contributed by atoms with van der Waals surface area (Å²) in [5.41, 5.74) is 2.09. The van der Waals surface area contributed by atoms with E-state index in [-0.39, 0.29) is 0 Å². The number of anilines is 1. The molecule has 0 radical (unpaired) electrons. The fourth-order valence-corrected chi connectivity index (χ4v) is 4.57. The Kier molecular flexibility index (Phi) is 4.01. The molecule has 2 fully saturated rings. The van der Waals surface area contributed by atoms with E-state index in [0.717, 1.165) is 18.9 Å². The number of nitrogens with zero attached hydrogens (tertiary/aromatic N) is 7. The lowest BCUT2D eigenvalue weighted by molar-refractivity contribution is 0.215. The Hall–Kier alpha value is -2.54. The van der Waals surface area contributed by atoms with Crippen LogP contribution in [0.1, 0.15) is 31.2 Å². The van der Waals surface area contributed by atoms with Crippen molar-refractivity contribution >= 4 is 11.5 Å². The van der Waals surface area contributed by atoms with Gasteiger partial charge >= 0.3 is 0 Å². The predicted molar refractivity (Wildman–Crippen MR) is 98.8 cm³/mol. The molecule has 0 spiro atoms. The second-order valence-electron chi connectivity index (χ2n) is 7.29. The van der Waals surface area contributed by atoms with E-state index in [1.807, 2.05) is 6.07 Å². The van der Waals surface area contributed by atoms with Crippen LogP contribution in [0.5, 0.6) is 0 Å². The number of tetrazole rings is 1. The Labute approximate surface area is 152 Å². The monoisotopic (exact) mass is 349 g/mol. The maximum atomic E-state index is 4.64. The summed E-state index contributed by atoms with van der Waals surface area (Å²) in [6.07, 6.45) is 4.99. The van der Waals surface area contributed by atoms with Crippen LogP contribution >= 0.6 is 0 Å². The summed E-state index contributed by atoms with van der Waals surface area (Å²) in [5, 5.41) is 16.2. The number of rotatable bonds is 4. The fraction of sp³-hybridized carbons (Fsp3) is 0.474. The molecule has 134 valence electrons. The first kappa shape index (κ1) is 15.7. The van der Waals surface area contributed by atoms with Crippen LogP contribution < -0.4 is 4.90 Å². The van der Waals surface area contributed by atoms with Gasteiger partial charge < -0.3 is 4.90 Å². The highest BCUT2D eigenvalue weighted by atomic mass is 15.6. The van der Waals surface area contributed by atoms with Crippen molar-refractivity contribution in [3.63, 3.8) is 0 Å². The number of aromatic nitrogens is 5. The van der Waals surface area contributed by atoms with Crippen LogP contribution in [0.25, 0.3) is 5.65 Å². The Morgan fingerprint density at radius 1 is 0.923 bits per heavy atom. The third kappa shape index (κ3) is 2.82. The maximum Gasteiger partial charge on any atom is 0.200 e. The van der Waals surface area contributed by atoms with Gasteiger partial charge in [0.05, 0.1) is 0 Å². The summed E-state index contributed by atoms with van der Waals surface area (Å²) in [6, 6.07) is 15.9. The first-order valence-corrected chi connectivity index (χ1v) is 9.48. The van der Waals surface area contributed by atoms with Crippen molar-refractivity contribution < 1.29 is 0 Å². The maximum absolute atomic E-state index is 4.64. The van der Waals surface area contributed by atoms with Crippen molar-refractivity contribution in [1.29, 1.82) is 0 Å². The minimum atomic E-state index is 0.516. The summed E-state index contributed by atoms with van der Waals surface area (Å²) >= 11 is 0. The van der Waals surface area contributed by atoms with Crippen molar-refractivity contribution in [2.75, 3.05) is 18.0 Å². The summed E-state index contributed by atoms with van der Waals surface area (Å²) < 4.78 is 1.53. The minimum Gasteiger partial charge on any atom is -0.351 e. The molecule has 26 heavy (non-hydrogen) atoms. The molecule has 0 bridgehead atoms. The molecule has 0 amide bonds. The lowest BCUT2D eigenvalue weighted by Gasteiger charge is -2.35. The van der Waals surface area contributed by atoms with E-state index in [1.165, 1.54) is 42.4 Å². The number of hydrogen-bond donors (Lipinski definition) is 0. The molecule has 3 aromatic rings. The van der Waals surface area contributed by atoms with E-state index in [4.69, 9.17) is 0 Å². The van der Waals surface area contributed by atoms with Gasteiger partial charge in [0.25, 0.3) is 0 Å². The van der Waals surface area contributed by atoms with E-state index < -0.39 is 0 Å². The zero-order valence-electron chi connectivity index (χ0n) is 14.8. The molecule has 0 N–H and O–H groups in total. The van der Waals surface area contributed by atoms with Crippen molar-refractivity contribution in [3.05, 3.63) is 48.0 Å². The van der Waals surface area contributed by atoms with E-state index in [2.05, 4.69) is 66.8 Å². The molecular formula is C19H23N7. The third-order valence-electron chi connectivity index (χ3n) is 5.74. The third-order valence-corrected chi connectivity index (χ3v) is 5.74. The molecule has 5 rings (SSSR count). The summed E-state index contributed by atoms with van der Waals surface area (Å²) in [5.74, 6) is 0.985. The van der Waals surface area contributed by atoms with Gasteiger partial charge in [-0.2, -0.15) is 0 Å². The average molecular weight is 349 g/mol. The quantitative estimate of drug-likeness (QED) is 0.719. The van der Waals surface area contributed by atoms with Crippen LogP contribution in [0.2, 0.25) is 0 Å². The van der Waals surface area contributed by atoms with Crippen LogP contribution in [-0.2, 0) is 6.54 Å². The van der Waals surface area contributed by atoms with Gasteiger partial charge in [-0.1, -0.05) is 30.3 Å². The molecule has 2 aliphatic rings. The van der Waals surface area contributed by atoms with Gasteiger partial charge in [-0.25, -0.2) is 0 Å². The molecule has 7 heteroatoms. The van der Waals surface area contributed by atoms with Crippen LogP contribution in [0.4, 0.5) is 5.82 Å². The van der Waals surface area contributed by atoms with Crippen LogP contribution in [0.15, 0.2) is 42.5 Å². The highest BCUT2D eigenvalue weighted by molar-refractivity contribution is 5.46. The number of likely N-dealkylation sites (tertiary alicyclic amines) is 1. The van der Waals surface area contributed by atoms with Crippen molar-refractivity contribution in [2.45, 2.75) is 44.3 Å². The molecule has 2 atom stereocenters. The van der Waals surface area contributed by atoms with Gasteiger partial charge in [-0.15, -0.1) is 14.8 Å². The van der Waals surface area contributed by atoms with Gasteiger partial charge in [-0.05, 0) is 60.4 Å². The highest BCUT2D eigenvalue weighted by Crippen LogP contribution is 2.33. The van der Waals surface area contributed by atoms with Gasteiger partial charge in [-0.3, -0.25) is 4.90 Å². The van der Waals surface area contributed by atoms with Gasteiger partial charge in [0.2, 0.25) is 0 Å². The second kappa shape index (κ2) is 6.64. The molecule has 1 aromatic carbocycles. The van der Waals surface area contributed by atoms with Gasteiger partial charge in [0.1, 0.15) is 0 Å². The molecule has 4 heterocycles. The first-order valence-electron chi connectivity index (χ1n) is 9.48. The average Bonchev–Trinajstić information content (AvgIpc) is 3.41. The van der Waals surface area contributed by atoms with Gasteiger partial charge in [0.15, 0.2) is 11.5 Å². The zero-order chi connectivity index (χ0) is 17.3. The molecule has 7 nitrogen and oxygen atoms in total. The van der Waals surface area contributed by atoms with E-state index >= 15 is 0 Å². The summed E-state index contributed by atoms with van der Waals surface area (Å²) in [7, 11) is 0. The minimum absolute atomic E-state index is 0.516. The summed E-state index contributed by atoms with van der Waals surface area (Å²) in [6.45, 7) is 3.28. The molecule has 0 aliphatic carbocycles. The van der Waals surface area contributed by atoms with Crippen molar-refractivity contribution in [3.8, 4) is 0 Å². The standard InChI is InChI=1S/C19H23N7/c1-2-6-15(7-3-1)14-24-12-4-8-16(24)17-9-5-13-25(17)19-11-10-18-20-22-23-26(18)21-19/h1-3,6-7,10-11,16-17H,4-5,8-9,12-14H2/t16-,17-/m1/s1. The van der Waals surface area contributed by atoms with E-state index in [9.17, 15) is 0 Å².